The Labute approximate surface area is 139 Å². The zero-order valence-corrected chi connectivity index (χ0v) is 13.0. The van der Waals surface area contributed by atoms with Gasteiger partial charge in [-0.2, -0.15) is 0 Å². The highest BCUT2D eigenvalue weighted by Gasteiger charge is 2.09. The summed E-state index contributed by atoms with van der Waals surface area (Å²) >= 11 is 0. The third-order valence-corrected chi connectivity index (χ3v) is 3.70. The molecule has 0 aromatic heterocycles. The van der Waals surface area contributed by atoms with Gasteiger partial charge in [0.05, 0.1) is 12.1 Å². The molecule has 24 heavy (non-hydrogen) atoms. The van der Waals surface area contributed by atoms with Crippen LogP contribution < -0.4 is 16.4 Å². The van der Waals surface area contributed by atoms with Gasteiger partial charge in [-0.15, -0.1) is 0 Å². The van der Waals surface area contributed by atoms with Crippen LogP contribution in [0.3, 0.4) is 0 Å². The summed E-state index contributed by atoms with van der Waals surface area (Å²) in [6.45, 7) is 0.0352. The van der Waals surface area contributed by atoms with Crippen molar-refractivity contribution in [1.29, 1.82) is 0 Å². The summed E-state index contributed by atoms with van der Waals surface area (Å²) in [5.74, 6) is -0.738. The van der Waals surface area contributed by atoms with Gasteiger partial charge in [0, 0.05) is 16.8 Å². The fourth-order valence-corrected chi connectivity index (χ4v) is 2.56. The van der Waals surface area contributed by atoms with E-state index in [0.717, 1.165) is 16.5 Å². The van der Waals surface area contributed by atoms with Crippen LogP contribution in [-0.4, -0.2) is 18.4 Å². The molecule has 0 radical (unpaired) electrons. The number of primary amides is 1. The Morgan fingerprint density at radius 2 is 1.50 bits per heavy atom. The standard InChI is InChI=1S/C19H17N3O2/c20-19(24)15-9-3-4-10-16(15)21-12-18(23)22-17-11-5-7-13-6-1-2-8-14(13)17/h1-11,21H,12H2,(H2,20,24)(H,22,23). The second kappa shape index (κ2) is 6.83. The highest BCUT2D eigenvalue weighted by molar-refractivity contribution is 6.04. The van der Waals surface area contributed by atoms with E-state index in [2.05, 4.69) is 10.6 Å². The average molecular weight is 319 g/mol. The molecule has 5 nitrogen and oxygen atoms in total. The molecule has 0 atom stereocenters. The van der Waals surface area contributed by atoms with E-state index in [4.69, 9.17) is 5.73 Å². The Bertz CT molecular complexity index is 901. The largest absolute Gasteiger partial charge is 0.376 e. The summed E-state index contributed by atoms with van der Waals surface area (Å²) < 4.78 is 0. The molecule has 0 bridgehead atoms. The minimum atomic E-state index is -0.535. The molecule has 0 aliphatic carbocycles. The molecular formula is C19H17N3O2. The van der Waals surface area contributed by atoms with E-state index in [-0.39, 0.29) is 12.5 Å². The fourth-order valence-electron chi connectivity index (χ4n) is 2.56. The average Bonchev–Trinajstić information content (AvgIpc) is 2.60. The van der Waals surface area contributed by atoms with Crippen molar-refractivity contribution in [3.05, 3.63) is 72.3 Å². The van der Waals surface area contributed by atoms with E-state index >= 15 is 0 Å². The minimum Gasteiger partial charge on any atom is -0.376 e. The van der Waals surface area contributed by atoms with Gasteiger partial charge in [-0.25, -0.2) is 0 Å². The van der Waals surface area contributed by atoms with E-state index in [1.807, 2.05) is 42.5 Å². The van der Waals surface area contributed by atoms with Gasteiger partial charge in [0.25, 0.3) is 5.91 Å². The monoisotopic (exact) mass is 319 g/mol. The number of amides is 2. The second-order valence-corrected chi connectivity index (χ2v) is 5.34. The first-order chi connectivity index (χ1) is 11.6. The van der Waals surface area contributed by atoms with Crippen LogP contribution in [0.4, 0.5) is 11.4 Å². The molecule has 5 heteroatoms. The summed E-state index contributed by atoms with van der Waals surface area (Å²) in [4.78, 5) is 23.6. The fraction of sp³-hybridized carbons (Fsp3) is 0.0526. The number of rotatable bonds is 5. The van der Waals surface area contributed by atoms with Crippen molar-refractivity contribution in [2.24, 2.45) is 5.73 Å². The molecule has 3 aromatic rings. The number of para-hydroxylation sites is 1. The minimum absolute atomic E-state index is 0.0352. The van der Waals surface area contributed by atoms with Gasteiger partial charge >= 0.3 is 0 Å². The van der Waals surface area contributed by atoms with Gasteiger partial charge in [0.2, 0.25) is 5.91 Å². The molecule has 0 saturated carbocycles. The van der Waals surface area contributed by atoms with Gasteiger partial charge in [-0.3, -0.25) is 9.59 Å². The molecule has 0 aliphatic rings. The highest BCUT2D eigenvalue weighted by Crippen LogP contribution is 2.23. The zero-order valence-electron chi connectivity index (χ0n) is 13.0. The maximum absolute atomic E-state index is 12.2. The van der Waals surface area contributed by atoms with E-state index in [1.54, 1.807) is 24.3 Å². The van der Waals surface area contributed by atoms with E-state index in [9.17, 15) is 9.59 Å². The topological polar surface area (TPSA) is 84.2 Å². The Morgan fingerprint density at radius 3 is 2.33 bits per heavy atom. The van der Waals surface area contributed by atoms with Crippen LogP contribution in [0.2, 0.25) is 0 Å². The van der Waals surface area contributed by atoms with Crippen LogP contribution in [0, 0.1) is 0 Å². The van der Waals surface area contributed by atoms with Crippen molar-refractivity contribution in [3.8, 4) is 0 Å². The first-order valence-corrected chi connectivity index (χ1v) is 7.55. The van der Waals surface area contributed by atoms with Crippen molar-refractivity contribution in [1.82, 2.24) is 0 Å². The van der Waals surface area contributed by atoms with Crippen LogP contribution in [0.1, 0.15) is 10.4 Å². The maximum atomic E-state index is 12.2. The number of nitrogens with one attached hydrogen (secondary N) is 2. The number of benzene rings is 3. The van der Waals surface area contributed by atoms with Crippen LogP contribution in [0.5, 0.6) is 0 Å². The summed E-state index contributed by atoms with van der Waals surface area (Å²) in [5.41, 5.74) is 6.98. The predicted molar refractivity (Wildman–Crippen MR) is 96.0 cm³/mol. The molecule has 120 valence electrons. The van der Waals surface area contributed by atoms with Crippen molar-refractivity contribution in [3.63, 3.8) is 0 Å². The molecule has 2 amide bonds. The van der Waals surface area contributed by atoms with Crippen LogP contribution in [0.15, 0.2) is 66.7 Å². The number of hydrogen-bond donors (Lipinski definition) is 3. The lowest BCUT2D eigenvalue weighted by molar-refractivity contribution is -0.114. The second-order valence-electron chi connectivity index (χ2n) is 5.34. The number of carbonyl (C=O) groups is 2. The molecule has 3 aromatic carbocycles. The normalized spacial score (nSPS) is 10.3. The van der Waals surface area contributed by atoms with Crippen LogP contribution >= 0.6 is 0 Å². The molecule has 0 spiro atoms. The molecule has 0 unspecified atom stereocenters. The summed E-state index contributed by atoms with van der Waals surface area (Å²) in [7, 11) is 0. The van der Waals surface area contributed by atoms with Crippen molar-refractivity contribution >= 4 is 34.0 Å². The Kier molecular flexibility index (Phi) is 4.43. The Hall–Kier alpha value is -3.34. The smallest absolute Gasteiger partial charge is 0.250 e. The Morgan fingerprint density at radius 1 is 0.833 bits per heavy atom. The lowest BCUT2D eigenvalue weighted by Crippen LogP contribution is -2.23. The third-order valence-electron chi connectivity index (χ3n) is 3.70. The van der Waals surface area contributed by atoms with Gasteiger partial charge in [0.1, 0.15) is 0 Å². The molecule has 0 aliphatic heterocycles. The number of fused-ring (bicyclic) bond motifs is 1. The lowest BCUT2D eigenvalue weighted by atomic mass is 10.1. The van der Waals surface area contributed by atoms with Gasteiger partial charge in [-0.1, -0.05) is 48.5 Å². The number of nitrogens with two attached hydrogens (primary N) is 1. The molecule has 0 saturated heterocycles. The molecule has 0 heterocycles. The number of carbonyl (C=O) groups excluding carboxylic acids is 2. The Balaban J connectivity index is 1.71. The van der Waals surface area contributed by atoms with Crippen LogP contribution in [0.25, 0.3) is 10.8 Å². The molecule has 3 rings (SSSR count). The summed E-state index contributed by atoms with van der Waals surface area (Å²) in [6, 6.07) is 20.4. The maximum Gasteiger partial charge on any atom is 0.250 e. The first kappa shape index (κ1) is 15.6. The highest BCUT2D eigenvalue weighted by atomic mass is 16.2. The van der Waals surface area contributed by atoms with Crippen molar-refractivity contribution in [2.75, 3.05) is 17.2 Å². The van der Waals surface area contributed by atoms with E-state index in [0.29, 0.717) is 11.3 Å². The lowest BCUT2D eigenvalue weighted by Gasteiger charge is -2.11. The summed E-state index contributed by atoms with van der Waals surface area (Å²) in [5, 5.41) is 7.87. The quantitative estimate of drug-likeness (QED) is 0.676. The van der Waals surface area contributed by atoms with Gasteiger partial charge < -0.3 is 16.4 Å². The summed E-state index contributed by atoms with van der Waals surface area (Å²) in [6.07, 6.45) is 0. The third kappa shape index (κ3) is 3.35. The van der Waals surface area contributed by atoms with Crippen molar-refractivity contribution in [2.45, 2.75) is 0 Å². The molecule has 0 fully saturated rings. The first-order valence-electron chi connectivity index (χ1n) is 7.55. The number of hydrogen-bond acceptors (Lipinski definition) is 3. The van der Waals surface area contributed by atoms with E-state index in [1.165, 1.54) is 0 Å². The van der Waals surface area contributed by atoms with Crippen LogP contribution in [-0.2, 0) is 4.79 Å². The number of anilines is 2. The predicted octanol–water partition coefficient (Wildman–Crippen LogP) is 2.99. The molecular weight excluding hydrogens is 302 g/mol. The SMILES string of the molecule is NC(=O)c1ccccc1NCC(=O)Nc1cccc2ccccc12. The van der Waals surface area contributed by atoms with Gasteiger partial charge in [0.15, 0.2) is 0 Å². The van der Waals surface area contributed by atoms with Gasteiger partial charge in [-0.05, 0) is 23.6 Å². The van der Waals surface area contributed by atoms with E-state index < -0.39 is 5.91 Å². The zero-order chi connectivity index (χ0) is 16.9. The molecule has 4 N–H and O–H groups in total. The van der Waals surface area contributed by atoms with Crippen molar-refractivity contribution < 1.29 is 9.59 Å².